The van der Waals surface area contributed by atoms with Crippen LogP contribution in [0.5, 0.6) is 0 Å². The number of ether oxygens (including phenoxy) is 1. The zero-order valence-electron chi connectivity index (χ0n) is 9.58. The molecule has 1 heterocycles. The van der Waals surface area contributed by atoms with Crippen LogP contribution in [-0.2, 0) is 4.74 Å². The highest BCUT2D eigenvalue weighted by Gasteiger charge is 2.39. The lowest BCUT2D eigenvalue weighted by Gasteiger charge is -2.27. The molecule has 2 bridgehead atoms. The Kier molecular flexibility index (Phi) is 2.98. The molecule has 0 aromatic carbocycles. The van der Waals surface area contributed by atoms with Crippen LogP contribution in [0.25, 0.3) is 0 Å². The lowest BCUT2D eigenvalue weighted by Crippen LogP contribution is -2.38. The first-order chi connectivity index (χ1) is 7.42. The molecule has 3 unspecified atom stereocenters. The molecule has 3 fully saturated rings. The molecule has 2 nitrogen and oxygen atoms in total. The number of hydrogen-bond donors (Lipinski definition) is 1. The fourth-order valence-corrected chi connectivity index (χ4v) is 3.85. The summed E-state index contributed by atoms with van der Waals surface area (Å²) in [5.74, 6) is 3.17. The Labute approximate surface area is 92.8 Å². The molecule has 3 aliphatic rings. The van der Waals surface area contributed by atoms with Gasteiger partial charge in [-0.2, -0.15) is 0 Å². The maximum atomic E-state index is 5.38. The van der Waals surface area contributed by atoms with E-state index < -0.39 is 0 Å². The molecule has 3 rings (SSSR count). The van der Waals surface area contributed by atoms with E-state index in [1.54, 1.807) is 6.42 Å². The minimum absolute atomic E-state index is 0.748. The summed E-state index contributed by atoms with van der Waals surface area (Å²) in [4.78, 5) is 0. The highest BCUT2D eigenvalue weighted by molar-refractivity contribution is 4.91. The average molecular weight is 209 g/mol. The van der Waals surface area contributed by atoms with Crippen molar-refractivity contribution in [1.82, 2.24) is 5.32 Å². The van der Waals surface area contributed by atoms with Gasteiger partial charge in [-0.05, 0) is 56.4 Å². The van der Waals surface area contributed by atoms with Crippen LogP contribution in [0.3, 0.4) is 0 Å². The van der Waals surface area contributed by atoms with Crippen molar-refractivity contribution < 1.29 is 4.74 Å². The summed E-state index contributed by atoms with van der Waals surface area (Å²) in [6.45, 7) is 3.22. The molecule has 15 heavy (non-hydrogen) atoms. The largest absolute Gasteiger partial charge is 0.381 e. The first-order valence-electron chi connectivity index (χ1n) is 6.73. The maximum Gasteiger partial charge on any atom is 0.0480 e. The number of hydrogen-bond acceptors (Lipinski definition) is 2. The van der Waals surface area contributed by atoms with E-state index in [4.69, 9.17) is 4.74 Å². The van der Waals surface area contributed by atoms with Crippen molar-refractivity contribution in [3.05, 3.63) is 0 Å². The first-order valence-corrected chi connectivity index (χ1v) is 6.73. The van der Waals surface area contributed by atoms with Gasteiger partial charge in [-0.3, -0.25) is 0 Å². The molecule has 0 aromatic rings. The fourth-order valence-electron chi connectivity index (χ4n) is 3.85. The molecular formula is C13H23NO. The third kappa shape index (κ3) is 2.21. The van der Waals surface area contributed by atoms with Crippen molar-refractivity contribution in [1.29, 1.82) is 0 Å². The van der Waals surface area contributed by atoms with Gasteiger partial charge < -0.3 is 10.1 Å². The van der Waals surface area contributed by atoms with E-state index in [2.05, 4.69) is 5.32 Å². The SMILES string of the molecule is C1CC(NCC2CC3CCC2C3)CCO1. The molecule has 0 radical (unpaired) electrons. The zero-order valence-corrected chi connectivity index (χ0v) is 9.58. The van der Waals surface area contributed by atoms with E-state index >= 15 is 0 Å². The molecule has 1 aliphatic heterocycles. The van der Waals surface area contributed by atoms with Crippen molar-refractivity contribution in [2.75, 3.05) is 19.8 Å². The van der Waals surface area contributed by atoms with E-state index in [1.807, 2.05) is 0 Å². The number of fused-ring (bicyclic) bond motifs is 2. The van der Waals surface area contributed by atoms with Gasteiger partial charge in [0, 0.05) is 19.3 Å². The lowest BCUT2D eigenvalue weighted by molar-refractivity contribution is 0.0760. The number of rotatable bonds is 3. The van der Waals surface area contributed by atoms with Crippen LogP contribution in [0, 0.1) is 17.8 Å². The smallest absolute Gasteiger partial charge is 0.0480 e. The van der Waals surface area contributed by atoms with Gasteiger partial charge in [0.2, 0.25) is 0 Å². The molecule has 3 atom stereocenters. The Morgan fingerprint density at radius 3 is 2.53 bits per heavy atom. The van der Waals surface area contributed by atoms with Crippen LogP contribution in [-0.4, -0.2) is 25.8 Å². The fraction of sp³-hybridized carbons (Fsp3) is 1.00. The summed E-state index contributed by atoms with van der Waals surface area (Å²) in [6, 6.07) is 0.748. The van der Waals surface area contributed by atoms with Crippen LogP contribution >= 0.6 is 0 Å². The van der Waals surface area contributed by atoms with E-state index in [9.17, 15) is 0 Å². The molecule has 0 amide bonds. The second-order valence-corrected chi connectivity index (χ2v) is 5.73. The molecule has 2 saturated carbocycles. The molecule has 0 aromatic heterocycles. The van der Waals surface area contributed by atoms with Crippen molar-refractivity contribution in [3.8, 4) is 0 Å². The summed E-state index contributed by atoms with van der Waals surface area (Å²) in [5, 5.41) is 3.77. The van der Waals surface area contributed by atoms with Gasteiger partial charge in [0.05, 0.1) is 0 Å². The highest BCUT2D eigenvalue weighted by Crippen LogP contribution is 2.47. The minimum atomic E-state index is 0.748. The third-order valence-corrected chi connectivity index (χ3v) is 4.77. The molecule has 2 heteroatoms. The summed E-state index contributed by atoms with van der Waals surface area (Å²) < 4.78 is 5.38. The predicted octanol–water partition coefficient (Wildman–Crippen LogP) is 2.19. The maximum absolute atomic E-state index is 5.38. The minimum Gasteiger partial charge on any atom is -0.381 e. The summed E-state index contributed by atoms with van der Waals surface area (Å²) in [6.07, 6.45) is 8.55. The van der Waals surface area contributed by atoms with Crippen LogP contribution in [0.4, 0.5) is 0 Å². The molecular weight excluding hydrogens is 186 g/mol. The Hall–Kier alpha value is -0.0800. The first kappa shape index (κ1) is 10.1. The quantitative estimate of drug-likeness (QED) is 0.769. The molecule has 1 saturated heterocycles. The molecule has 0 spiro atoms. The monoisotopic (exact) mass is 209 g/mol. The second-order valence-electron chi connectivity index (χ2n) is 5.73. The number of nitrogens with one attached hydrogen (secondary N) is 1. The van der Waals surface area contributed by atoms with Gasteiger partial charge in [0.25, 0.3) is 0 Å². The summed E-state index contributed by atoms with van der Waals surface area (Å²) in [5.41, 5.74) is 0. The Morgan fingerprint density at radius 2 is 1.87 bits per heavy atom. The van der Waals surface area contributed by atoms with Crippen LogP contribution < -0.4 is 5.32 Å². The topological polar surface area (TPSA) is 21.3 Å². The molecule has 2 aliphatic carbocycles. The average Bonchev–Trinajstić information content (AvgIpc) is 2.89. The lowest BCUT2D eigenvalue weighted by atomic mass is 9.88. The normalized spacial score (nSPS) is 41.2. The van der Waals surface area contributed by atoms with Gasteiger partial charge in [0.1, 0.15) is 0 Å². The Bertz CT molecular complexity index is 213. The van der Waals surface area contributed by atoms with Crippen molar-refractivity contribution in [2.24, 2.45) is 17.8 Å². The Balaban J connectivity index is 1.42. The van der Waals surface area contributed by atoms with Crippen molar-refractivity contribution in [3.63, 3.8) is 0 Å². The van der Waals surface area contributed by atoms with E-state index in [1.165, 1.54) is 38.6 Å². The second kappa shape index (κ2) is 4.42. The predicted molar refractivity (Wildman–Crippen MR) is 60.8 cm³/mol. The molecule has 86 valence electrons. The Morgan fingerprint density at radius 1 is 1.00 bits per heavy atom. The van der Waals surface area contributed by atoms with Gasteiger partial charge in [-0.15, -0.1) is 0 Å². The van der Waals surface area contributed by atoms with E-state index in [0.29, 0.717) is 0 Å². The standard InChI is InChI=1S/C13H23NO/c1-2-11-7-10(1)8-12(11)9-14-13-3-5-15-6-4-13/h10-14H,1-9H2. The van der Waals surface area contributed by atoms with Crippen LogP contribution in [0.15, 0.2) is 0 Å². The van der Waals surface area contributed by atoms with Gasteiger partial charge in [0.15, 0.2) is 0 Å². The third-order valence-electron chi connectivity index (χ3n) is 4.77. The summed E-state index contributed by atoms with van der Waals surface area (Å²) in [7, 11) is 0. The van der Waals surface area contributed by atoms with Crippen LogP contribution in [0.2, 0.25) is 0 Å². The molecule has 1 N–H and O–H groups in total. The van der Waals surface area contributed by atoms with Crippen molar-refractivity contribution in [2.45, 2.75) is 44.6 Å². The van der Waals surface area contributed by atoms with Gasteiger partial charge >= 0.3 is 0 Å². The highest BCUT2D eigenvalue weighted by atomic mass is 16.5. The zero-order chi connectivity index (χ0) is 10.1. The van der Waals surface area contributed by atoms with Gasteiger partial charge in [-0.25, -0.2) is 0 Å². The summed E-state index contributed by atoms with van der Waals surface area (Å²) >= 11 is 0. The van der Waals surface area contributed by atoms with Crippen LogP contribution in [0.1, 0.15) is 38.5 Å². The van der Waals surface area contributed by atoms with E-state index in [-0.39, 0.29) is 0 Å². The van der Waals surface area contributed by atoms with Gasteiger partial charge in [-0.1, -0.05) is 6.42 Å². The van der Waals surface area contributed by atoms with E-state index in [0.717, 1.165) is 37.0 Å². The van der Waals surface area contributed by atoms with Crippen molar-refractivity contribution >= 4 is 0 Å².